The van der Waals surface area contributed by atoms with Crippen LogP contribution >= 0.6 is 0 Å². The lowest BCUT2D eigenvalue weighted by Crippen LogP contribution is -2.27. The van der Waals surface area contributed by atoms with Crippen molar-refractivity contribution in [3.63, 3.8) is 0 Å². The maximum absolute atomic E-state index is 5.71. The van der Waals surface area contributed by atoms with Gasteiger partial charge in [-0.2, -0.15) is 0 Å². The third-order valence-electron chi connectivity index (χ3n) is 4.10. The molecule has 0 radical (unpaired) electrons. The van der Waals surface area contributed by atoms with Crippen molar-refractivity contribution >= 4 is 0 Å². The first-order valence-corrected chi connectivity index (χ1v) is 7.52. The molecule has 1 aliphatic heterocycles. The SMILES string of the molecule is CC(C)(C)C(CCN)CCCNCC1CCOC1. The molecule has 0 aliphatic carbocycles. The maximum Gasteiger partial charge on any atom is 0.0507 e. The van der Waals surface area contributed by atoms with Crippen LogP contribution in [0, 0.1) is 17.3 Å². The number of ether oxygens (including phenoxy) is 1. The van der Waals surface area contributed by atoms with Crippen molar-refractivity contribution in [1.82, 2.24) is 5.32 Å². The number of nitrogens with two attached hydrogens (primary N) is 1. The molecular formula is C15H32N2O. The molecule has 0 amide bonds. The van der Waals surface area contributed by atoms with Crippen molar-refractivity contribution in [2.75, 3.05) is 32.8 Å². The van der Waals surface area contributed by atoms with Crippen LogP contribution in [0.3, 0.4) is 0 Å². The molecule has 108 valence electrons. The molecule has 3 N–H and O–H groups in total. The van der Waals surface area contributed by atoms with Crippen molar-refractivity contribution in [3.8, 4) is 0 Å². The fraction of sp³-hybridized carbons (Fsp3) is 1.00. The van der Waals surface area contributed by atoms with Crippen LogP contribution in [-0.4, -0.2) is 32.8 Å². The number of hydrogen-bond acceptors (Lipinski definition) is 3. The molecule has 2 atom stereocenters. The van der Waals surface area contributed by atoms with Gasteiger partial charge in [-0.05, 0) is 56.0 Å². The van der Waals surface area contributed by atoms with E-state index < -0.39 is 0 Å². The van der Waals surface area contributed by atoms with Crippen molar-refractivity contribution < 1.29 is 4.74 Å². The summed E-state index contributed by atoms with van der Waals surface area (Å²) in [6.45, 7) is 12.0. The van der Waals surface area contributed by atoms with E-state index in [0.29, 0.717) is 5.41 Å². The zero-order valence-electron chi connectivity index (χ0n) is 12.5. The quantitative estimate of drug-likeness (QED) is 0.656. The van der Waals surface area contributed by atoms with Crippen LogP contribution in [-0.2, 0) is 4.74 Å². The van der Waals surface area contributed by atoms with Crippen LogP contribution in [0.15, 0.2) is 0 Å². The highest BCUT2D eigenvalue weighted by Gasteiger charge is 2.23. The molecule has 0 spiro atoms. The first kappa shape index (κ1) is 15.9. The minimum atomic E-state index is 0.388. The molecule has 0 aromatic carbocycles. The van der Waals surface area contributed by atoms with E-state index in [0.717, 1.165) is 51.1 Å². The standard InChI is InChI=1S/C15H32N2O/c1-15(2,3)14(6-8-16)5-4-9-17-11-13-7-10-18-12-13/h13-14,17H,4-12,16H2,1-3H3. The van der Waals surface area contributed by atoms with Gasteiger partial charge >= 0.3 is 0 Å². The normalized spacial score (nSPS) is 22.3. The Kier molecular flexibility index (Phi) is 7.20. The van der Waals surface area contributed by atoms with E-state index in [1.807, 2.05) is 0 Å². The van der Waals surface area contributed by atoms with Crippen LogP contribution in [0.1, 0.15) is 46.5 Å². The molecule has 3 heteroatoms. The van der Waals surface area contributed by atoms with Crippen molar-refractivity contribution in [1.29, 1.82) is 0 Å². The fourth-order valence-electron chi connectivity index (χ4n) is 2.74. The molecule has 1 rings (SSSR count). The molecule has 18 heavy (non-hydrogen) atoms. The lowest BCUT2D eigenvalue weighted by atomic mass is 9.76. The Balaban J connectivity index is 2.07. The second-order valence-corrected chi connectivity index (χ2v) is 6.72. The predicted octanol–water partition coefficient (Wildman–Crippen LogP) is 2.40. The van der Waals surface area contributed by atoms with Crippen LogP contribution in [0.5, 0.6) is 0 Å². The Hall–Kier alpha value is -0.120. The summed E-state index contributed by atoms with van der Waals surface area (Å²) in [7, 11) is 0. The summed E-state index contributed by atoms with van der Waals surface area (Å²) in [6, 6.07) is 0. The second kappa shape index (κ2) is 8.13. The monoisotopic (exact) mass is 256 g/mol. The van der Waals surface area contributed by atoms with E-state index in [4.69, 9.17) is 10.5 Å². The van der Waals surface area contributed by atoms with Gasteiger partial charge in [-0.3, -0.25) is 0 Å². The van der Waals surface area contributed by atoms with Gasteiger partial charge in [-0.1, -0.05) is 20.8 Å². The molecule has 0 aromatic heterocycles. The Morgan fingerprint density at radius 1 is 1.33 bits per heavy atom. The Morgan fingerprint density at radius 3 is 2.67 bits per heavy atom. The van der Waals surface area contributed by atoms with Gasteiger partial charge in [-0.25, -0.2) is 0 Å². The molecule has 0 bridgehead atoms. The molecule has 1 heterocycles. The third-order valence-corrected chi connectivity index (χ3v) is 4.10. The minimum Gasteiger partial charge on any atom is -0.381 e. The summed E-state index contributed by atoms with van der Waals surface area (Å²) >= 11 is 0. The highest BCUT2D eigenvalue weighted by atomic mass is 16.5. The number of rotatable bonds is 8. The van der Waals surface area contributed by atoms with Gasteiger partial charge in [0, 0.05) is 13.2 Å². The van der Waals surface area contributed by atoms with Gasteiger partial charge in [0.25, 0.3) is 0 Å². The first-order chi connectivity index (χ1) is 8.54. The van der Waals surface area contributed by atoms with E-state index in [2.05, 4.69) is 26.1 Å². The summed E-state index contributed by atoms with van der Waals surface area (Å²) in [5, 5.41) is 3.56. The summed E-state index contributed by atoms with van der Waals surface area (Å²) in [5.41, 5.74) is 6.10. The van der Waals surface area contributed by atoms with E-state index in [1.165, 1.54) is 19.3 Å². The highest BCUT2D eigenvalue weighted by molar-refractivity contribution is 4.75. The van der Waals surface area contributed by atoms with Gasteiger partial charge in [0.2, 0.25) is 0 Å². The van der Waals surface area contributed by atoms with Crippen LogP contribution in [0.25, 0.3) is 0 Å². The predicted molar refractivity (Wildman–Crippen MR) is 77.6 cm³/mol. The van der Waals surface area contributed by atoms with Gasteiger partial charge in [0.05, 0.1) is 6.61 Å². The molecule has 3 nitrogen and oxygen atoms in total. The molecule has 1 aliphatic rings. The maximum atomic E-state index is 5.71. The zero-order valence-corrected chi connectivity index (χ0v) is 12.5. The third kappa shape index (κ3) is 6.17. The van der Waals surface area contributed by atoms with Crippen molar-refractivity contribution in [2.24, 2.45) is 23.0 Å². The van der Waals surface area contributed by atoms with Crippen molar-refractivity contribution in [2.45, 2.75) is 46.5 Å². The number of hydrogen-bond donors (Lipinski definition) is 2. The molecule has 1 saturated heterocycles. The molecule has 0 aromatic rings. The van der Waals surface area contributed by atoms with Crippen LogP contribution in [0.4, 0.5) is 0 Å². The summed E-state index contributed by atoms with van der Waals surface area (Å²) < 4.78 is 5.38. The van der Waals surface area contributed by atoms with Crippen molar-refractivity contribution in [3.05, 3.63) is 0 Å². The average Bonchev–Trinajstić information content (AvgIpc) is 2.78. The Labute approximate surface area is 113 Å². The minimum absolute atomic E-state index is 0.388. The van der Waals surface area contributed by atoms with E-state index in [-0.39, 0.29) is 0 Å². The lowest BCUT2D eigenvalue weighted by Gasteiger charge is -2.30. The molecule has 1 fully saturated rings. The van der Waals surface area contributed by atoms with E-state index >= 15 is 0 Å². The first-order valence-electron chi connectivity index (χ1n) is 7.52. The second-order valence-electron chi connectivity index (χ2n) is 6.72. The van der Waals surface area contributed by atoms with E-state index in [9.17, 15) is 0 Å². The fourth-order valence-corrected chi connectivity index (χ4v) is 2.74. The van der Waals surface area contributed by atoms with E-state index in [1.54, 1.807) is 0 Å². The average molecular weight is 256 g/mol. The highest BCUT2D eigenvalue weighted by Crippen LogP contribution is 2.31. The van der Waals surface area contributed by atoms with Gasteiger partial charge < -0.3 is 15.8 Å². The molecule has 2 unspecified atom stereocenters. The van der Waals surface area contributed by atoms with Crippen LogP contribution in [0.2, 0.25) is 0 Å². The topological polar surface area (TPSA) is 47.3 Å². The van der Waals surface area contributed by atoms with Gasteiger partial charge in [-0.15, -0.1) is 0 Å². The number of nitrogens with one attached hydrogen (secondary N) is 1. The van der Waals surface area contributed by atoms with Gasteiger partial charge in [0.1, 0.15) is 0 Å². The smallest absolute Gasteiger partial charge is 0.0507 e. The largest absolute Gasteiger partial charge is 0.381 e. The summed E-state index contributed by atoms with van der Waals surface area (Å²) in [4.78, 5) is 0. The molecule has 0 saturated carbocycles. The zero-order chi connectivity index (χ0) is 13.4. The Bertz CT molecular complexity index is 207. The van der Waals surface area contributed by atoms with Gasteiger partial charge in [0.15, 0.2) is 0 Å². The summed E-state index contributed by atoms with van der Waals surface area (Å²) in [6.07, 6.45) is 4.93. The lowest BCUT2D eigenvalue weighted by molar-refractivity contribution is 0.185. The Morgan fingerprint density at radius 2 is 2.11 bits per heavy atom. The van der Waals surface area contributed by atoms with Crippen LogP contribution < -0.4 is 11.1 Å². The summed E-state index contributed by atoms with van der Waals surface area (Å²) in [5.74, 6) is 1.49. The molecular weight excluding hydrogens is 224 g/mol.